The zero-order valence-electron chi connectivity index (χ0n) is 22.9. The van der Waals surface area contributed by atoms with Gasteiger partial charge in [0.05, 0.1) is 13.0 Å². The van der Waals surface area contributed by atoms with Gasteiger partial charge in [0.2, 0.25) is 35.4 Å². The zero-order valence-corrected chi connectivity index (χ0v) is 24.5. The third-order valence-corrected chi connectivity index (χ3v) is 8.80. The molecular weight excluding hydrogens is 582 g/mol. The van der Waals surface area contributed by atoms with Crippen molar-refractivity contribution in [1.82, 2.24) is 26.6 Å². The number of carbonyl (C=O) groups is 7. The predicted octanol–water partition coefficient (Wildman–Crippen LogP) is -3.75. The van der Waals surface area contributed by atoms with Gasteiger partial charge in [-0.2, -0.15) is 0 Å². The minimum atomic E-state index is -1.60. The van der Waals surface area contributed by atoms with Gasteiger partial charge in [-0.3, -0.25) is 38.6 Å². The van der Waals surface area contributed by atoms with E-state index >= 15 is 0 Å². The number of nitrogens with two attached hydrogens (primary N) is 3. The number of nitrogens with zero attached hydrogens (tertiary/aromatic N) is 1. The SMILES string of the molecule is CC(=O)N[C@@H]1CSSC(C)(C)[C@@H](C(N)=O)NC(=O)[C@H](CC(=O)O)NC(=O)CNC(=O)[C@H](CCCN=C(N)N)NC1=O. The minimum absolute atomic E-state index is 0.0110. The topological polar surface area (TPSA) is 290 Å². The van der Waals surface area contributed by atoms with Crippen LogP contribution in [0.15, 0.2) is 4.99 Å². The van der Waals surface area contributed by atoms with E-state index in [1.165, 1.54) is 6.92 Å². The number of primary amides is 1. The molecule has 0 saturated carbocycles. The lowest BCUT2D eigenvalue weighted by Crippen LogP contribution is -2.59. The molecular formula is C22H37N9O8S2. The third-order valence-electron chi connectivity index (χ3n) is 5.50. The molecule has 41 heavy (non-hydrogen) atoms. The molecule has 1 fully saturated rings. The Morgan fingerprint density at radius 3 is 2.24 bits per heavy atom. The van der Waals surface area contributed by atoms with E-state index < -0.39 is 83.3 Å². The highest BCUT2D eigenvalue weighted by Gasteiger charge is 2.39. The molecule has 1 saturated heterocycles. The number of amides is 6. The molecule has 12 N–H and O–H groups in total. The van der Waals surface area contributed by atoms with Gasteiger partial charge in [-0.25, -0.2) is 0 Å². The Morgan fingerprint density at radius 1 is 1.02 bits per heavy atom. The Morgan fingerprint density at radius 2 is 1.68 bits per heavy atom. The molecule has 0 unspecified atom stereocenters. The summed E-state index contributed by atoms with van der Waals surface area (Å²) in [4.78, 5) is 90.8. The van der Waals surface area contributed by atoms with E-state index in [2.05, 4.69) is 31.6 Å². The van der Waals surface area contributed by atoms with Crippen molar-refractivity contribution in [2.24, 2.45) is 22.2 Å². The molecule has 1 rings (SSSR count). The first-order valence-corrected chi connectivity index (χ1v) is 14.7. The number of carboxylic acid groups (broad SMARTS) is 1. The summed E-state index contributed by atoms with van der Waals surface area (Å²) in [6.07, 6.45) is -0.495. The van der Waals surface area contributed by atoms with Gasteiger partial charge in [0, 0.05) is 24.0 Å². The van der Waals surface area contributed by atoms with E-state index in [-0.39, 0.29) is 31.1 Å². The van der Waals surface area contributed by atoms with Crippen LogP contribution in [0.5, 0.6) is 0 Å². The average molecular weight is 620 g/mol. The first-order valence-electron chi connectivity index (χ1n) is 12.4. The second-order valence-electron chi connectivity index (χ2n) is 9.51. The van der Waals surface area contributed by atoms with Crippen LogP contribution in [0.4, 0.5) is 0 Å². The lowest BCUT2D eigenvalue weighted by atomic mass is 10.0. The number of carboxylic acids is 1. The number of carbonyl (C=O) groups excluding carboxylic acids is 6. The molecule has 4 atom stereocenters. The van der Waals surface area contributed by atoms with Crippen molar-refractivity contribution in [2.75, 3.05) is 18.8 Å². The summed E-state index contributed by atoms with van der Waals surface area (Å²) in [5.41, 5.74) is 16.2. The van der Waals surface area contributed by atoms with Crippen molar-refractivity contribution in [3.05, 3.63) is 0 Å². The van der Waals surface area contributed by atoms with Crippen LogP contribution in [-0.4, -0.2) is 100 Å². The van der Waals surface area contributed by atoms with Crippen molar-refractivity contribution >= 4 is 69.0 Å². The summed E-state index contributed by atoms with van der Waals surface area (Å²) in [6, 6.07) is -5.18. The van der Waals surface area contributed by atoms with Gasteiger partial charge in [-0.05, 0) is 26.7 Å². The van der Waals surface area contributed by atoms with Crippen LogP contribution in [0, 0.1) is 0 Å². The largest absolute Gasteiger partial charge is 0.481 e. The lowest BCUT2D eigenvalue weighted by molar-refractivity contribution is -0.141. The molecule has 1 heterocycles. The predicted molar refractivity (Wildman–Crippen MR) is 152 cm³/mol. The molecule has 0 aromatic carbocycles. The highest BCUT2D eigenvalue weighted by atomic mass is 33.1. The minimum Gasteiger partial charge on any atom is -0.481 e. The van der Waals surface area contributed by atoms with E-state index in [1.54, 1.807) is 13.8 Å². The van der Waals surface area contributed by atoms with Gasteiger partial charge in [0.1, 0.15) is 24.2 Å². The summed E-state index contributed by atoms with van der Waals surface area (Å²) in [6.45, 7) is 3.85. The smallest absolute Gasteiger partial charge is 0.305 e. The van der Waals surface area contributed by atoms with Gasteiger partial charge in [-0.15, -0.1) is 0 Å². The molecule has 0 radical (unpaired) electrons. The highest BCUT2D eigenvalue weighted by molar-refractivity contribution is 8.77. The quantitative estimate of drug-likeness (QED) is 0.0548. The Bertz CT molecular complexity index is 1050. The molecule has 6 amide bonds. The first-order chi connectivity index (χ1) is 19.0. The van der Waals surface area contributed by atoms with Crippen LogP contribution < -0.4 is 43.8 Å². The van der Waals surface area contributed by atoms with E-state index in [1.807, 2.05) is 0 Å². The number of rotatable bonds is 8. The second kappa shape index (κ2) is 16.5. The molecule has 0 aromatic rings. The van der Waals surface area contributed by atoms with Crippen molar-refractivity contribution < 1.29 is 38.7 Å². The van der Waals surface area contributed by atoms with Gasteiger partial charge >= 0.3 is 5.97 Å². The van der Waals surface area contributed by atoms with Crippen molar-refractivity contribution in [1.29, 1.82) is 0 Å². The number of hydrogen-bond donors (Lipinski definition) is 9. The molecule has 17 nitrogen and oxygen atoms in total. The van der Waals surface area contributed by atoms with Gasteiger partial charge in [0.25, 0.3) is 0 Å². The summed E-state index contributed by atoms with van der Waals surface area (Å²) < 4.78 is -1.10. The molecule has 0 spiro atoms. The van der Waals surface area contributed by atoms with Crippen LogP contribution in [-0.2, 0) is 33.6 Å². The molecule has 0 aromatic heterocycles. The number of guanidine groups is 1. The Kier molecular flexibility index (Phi) is 14.2. The summed E-state index contributed by atoms with van der Waals surface area (Å²) >= 11 is 0. The summed E-state index contributed by atoms with van der Waals surface area (Å²) in [5.74, 6) is -6.38. The fourth-order valence-corrected chi connectivity index (χ4v) is 6.35. The fraction of sp³-hybridized carbons (Fsp3) is 0.636. The highest BCUT2D eigenvalue weighted by Crippen LogP contribution is 2.38. The summed E-state index contributed by atoms with van der Waals surface area (Å²) in [7, 11) is 2.16. The maximum atomic E-state index is 13.1. The van der Waals surface area contributed by atoms with Crippen LogP contribution in [0.2, 0.25) is 0 Å². The van der Waals surface area contributed by atoms with E-state index in [4.69, 9.17) is 17.2 Å². The molecule has 0 aliphatic carbocycles. The monoisotopic (exact) mass is 619 g/mol. The molecule has 230 valence electrons. The zero-order chi connectivity index (χ0) is 31.3. The Hall–Kier alpha value is -3.74. The van der Waals surface area contributed by atoms with Crippen LogP contribution in [0.25, 0.3) is 0 Å². The second-order valence-corrected chi connectivity index (χ2v) is 12.5. The van der Waals surface area contributed by atoms with Gasteiger partial charge in [0.15, 0.2) is 5.96 Å². The number of aliphatic carboxylic acids is 1. The normalized spacial score (nSPS) is 24.4. The molecule has 0 bridgehead atoms. The average Bonchev–Trinajstić information content (AvgIpc) is 2.84. The molecule has 19 heteroatoms. The van der Waals surface area contributed by atoms with Gasteiger partial charge < -0.3 is 48.9 Å². The third kappa shape index (κ3) is 13.0. The standard InChI is InChI=1S/C22H37N9O8S2/c1-10(32)28-13-9-40-41-22(2,3)16(17(23)36)31-19(38)12(7-15(34)35)29-14(33)8-27-18(37)11(30-20(13)39)5-4-6-26-21(24)25/h11-13,16H,4-9H2,1-3H3,(H2,23,36)(H,27,37)(H,28,32)(H,29,33)(H,30,39)(H,31,38)(H,34,35)(H4,24,25,26)/t11-,12-,13+,16+/m0/s1. The van der Waals surface area contributed by atoms with Crippen LogP contribution in [0.3, 0.4) is 0 Å². The Balaban J connectivity index is 3.37. The van der Waals surface area contributed by atoms with Crippen molar-refractivity contribution in [2.45, 2.75) is 68.9 Å². The fourth-order valence-electron chi connectivity index (χ4n) is 3.53. The summed E-state index contributed by atoms with van der Waals surface area (Å²) in [5, 5.41) is 21.3. The van der Waals surface area contributed by atoms with Crippen LogP contribution >= 0.6 is 21.6 Å². The first kappa shape index (κ1) is 35.3. The maximum Gasteiger partial charge on any atom is 0.305 e. The van der Waals surface area contributed by atoms with Crippen LogP contribution in [0.1, 0.15) is 40.0 Å². The number of aliphatic imine (C=N–C) groups is 1. The Labute approximate surface area is 244 Å². The van der Waals surface area contributed by atoms with E-state index in [0.29, 0.717) is 0 Å². The maximum absolute atomic E-state index is 13.1. The molecule has 1 aliphatic heterocycles. The van der Waals surface area contributed by atoms with Crippen molar-refractivity contribution in [3.63, 3.8) is 0 Å². The number of nitrogens with one attached hydrogen (secondary N) is 5. The van der Waals surface area contributed by atoms with E-state index in [9.17, 15) is 38.7 Å². The molecule has 1 aliphatic rings. The van der Waals surface area contributed by atoms with Gasteiger partial charge in [-0.1, -0.05) is 21.6 Å². The van der Waals surface area contributed by atoms with E-state index in [0.717, 1.165) is 21.6 Å². The van der Waals surface area contributed by atoms with Crippen molar-refractivity contribution in [3.8, 4) is 0 Å². The lowest BCUT2D eigenvalue weighted by Gasteiger charge is -2.33. The number of hydrogen-bond acceptors (Lipinski definition) is 10.